The van der Waals surface area contributed by atoms with Gasteiger partial charge in [0.15, 0.2) is 0 Å². The molecule has 23 heavy (non-hydrogen) atoms. The van der Waals surface area contributed by atoms with Gasteiger partial charge in [0.2, 0.25) is 0 Å². The van der Waals surface area contributed by atoms with Crippen molar-refractivity contribution in [1.29, 1.82) is 0 Å². The van der Waals surface area contributed by atoms with Crippen molar-refractivity contribution in [3.63, 3.8) is 0 Å². The Kier molecular flexibility index (Phi) is 4.34. The van der Waals surface area contributed by atoms with Crippen LogP contribution in [0.4, 0.5) is 10.2 Å². The first-order valence-corrected chi connectivity index (χ1v) is 7.24. The molecule has 0 saturated heterocycles. The van der Waals surface area contributed by atoms with Crippen LogP contribution in [0.1, 0.15) is 11.3 Å². The standard InChI is InChI=1S/C16H13ClFN5/c1-11-14(10-20-21-15-4-2-3-9-19-15)16(17)23(22-11)13-7-5-12(18)6-8-13/h2-10H,1H3,(H,19,21)/b20-10+. The van der Waals surface area contributed by atoms with Crippen molar-refractivity contribution in [2.75, 3.05) is 5.43 Å². The monoisotopic (exact) mass is 329 g/mol. The Labute approximate surface area is 137 Å². The van der Waals surface area contributed by atoms with Crippen LogP contribution in [-0.4, -0.2) is 21.0 Å². The minimum Gasteiger partial charge on any atom is -0.261 e. The Bertz CT molecular complexity index is 828. The summed E-state index contributed by atoms with van der Waals surface area (Å²) in [5.41, 5.74) is 4.89. The van der Waals surface area contributed by atoms with E-state index in [-0.39, 0.29) is 5.82 Å². The highest BCUT2D eigenvalue weighted by molar-refractivity contribution is 6.32. The van der Waals surface area contributed by atoms with E-state index in [1.54, 1.807) is 35.3 Å². The van der Waals surface area contributed by atoms with Crippen LogP contribution in [0.15, 0.2) is 53.8 Å². The molecule has 3 aromatic rings. The normalized spacial score (nSPS) is 11.1. The van der Waals surface area contributed by atoms with Gasteiger partial charge in [-0.3, -0.25) is 5.43 Å². The Morgan fingerprint density at radius 3 is 2.70 bits per heavy atom. The molecule has 0 aliphatic rings. The van der Waals surface area contributed by atoms with Crippen molar-refractivity contribution in [1.82, 2.24) is 14.8 Å². The molecule has 5 nitrogen and oxygen atoms in total. The van der Waals surface area contributed by atoms with E-state index in [9.17, 15) is 4.39 Å². The SMILES string of the molecule is Cc1nn(-c2ccc(F)cc2)c(Cl)c1/C=N/Nc1ccccn1. The molecule has 0 aliphatic heterocycles. The van der Waals surface area contributed by atoms with Crippen LogP contribution in [0.3, 0.4) is 0 Å². The molecule has 0 amide bonds. The third-order valence-corrected chi connectivity index (χ3v) is 3.52. The van der Waals surface area contributed by atoms with Crippen molar-refractivity contribution in [2.24, 2.45) is 5.10 Å². The molecule has 0 atom stereocenters. The van der Waals surface area contributed by atoms with Crippen LogP contribution in [0.25, 0.3) is 5.69 Å². The summed E-state index contributed by atoms with van der Waals surface area (Å²) < 4.78 is 14.6. The highest BCUT2D eigenvalue weighted by Gasteiger charge is 2.13. The van der Waals surface area contributed by atoms with Gasteiger partial charge in [0.1, 0.15) is 16.8 Å². The maximum atomic E-state index is 13.0. The van der Waals surface area contributed by atoms with Gasteiger partial charge in [0.05, 0.1) is 23.2 Å². The van der Waals surface area contributed by atoms with Crippen LogP contribution >= 0.6 is 11.6 Å². The second kappa shape index (κ2) is 6.58. The third-order valence-electron chi connectivity index (χ3n) is 3.16. The maximum Gasteiger partial charge on any atom is 0.146 e. The lowest BCUT2D eigenvalue weighted by Crippen LogP contribution is -1.97. The summed E-state index contributed by atoms with van der Waals surface area (Å²) in [4.78, 5) is 4.10. The minimum absolute atomic E-state index is 0.310. The molecule has 7 heteroatoms. The molecule has 0 bridgehead atoms. The van der Waals surface area contributed by atoms with Crippen molar-refractivity contribution in [3.05, 3.63) is 70.9 Å². The van der Waals surface area contributed by atoms with Gasteiger partial charge in [-0.2, -0.15) is 10.2 Å². The van der Waals surface area contributed by atoms with Crippen molar-refractivity contribution < 1.29 is 4.39 Å². The van der Waals surface area contributed by atoms with Crippen molar-refractivity contribution in [3.8, 4) is 5.69 Å². The first-order chi connectivity index (χ1) is 11.1. The second-order valence-corrected chi connectivity index (χ2v) is 5.12. The van der Waals surface area contributed by atoms with Crippen LogP contribution in [0.2, 0.25) is 5.15 Å². The van der Waals surface area contributed by atoms with Crippen molar-refractivity contribution >= 4 is 23.6 Å². The zero-order chi connectivity index (χ0) is 16.2. The first kappa shape index (κ1) is 15.2. The molecule has 116 valence electrons. The molecule has 2 aromatic heterocycles. The lowest BCUT2D eigenvalue weighted by Gasteiger charge is -2.02. The van der Waals surface area contributed by atoms with E-state index in [2.05, 4.69) is 20.6 Å². The van der Waals surface area contributed by atoms with E-state index in [0.717, 1.165) is 0 Å². The zero-order valence-electron chi connectivity index (χ0n) is 12.2. The Morgan fingerprint density at radius 2 is 2.00 bits per heavy atom. The number of rotatable bonds is 4. The predicted molar refractivity (Wildman–Crippen MR) is 88.7 cm³/mol. The van der Waals surface area contributed by atoms with Gasteiger partial charge in [-0.1, -0.05) is 17.7 Å². The molecule has 0 aliphatic carbocycles. The largest absolute Gasteiger partial charge is 0.261 e. The number of halogens is 2. The van der Waals surface area contributed by atoms with Gasteiger partial charge in [-0.15, -0.1) is 0 Å². The molecule has 0 radical (unpaired) electrons. The molecule has 0 spiro atoms. The maximum absolute atomic E-state index is 13.0. The predicted octanol–water partition coefficient (Wildman–Crippen LogP) is 3.81. The number of aryl methyl sites for hydroxylation is 1. The molecule has 2 heterocycles. The number of hydrogen-bond acceptors (Lipinski definition) is 4. The topological polar surface area (TPSA) is 55.1 Å². The molecule has 0 saturated carbocycles. The van der Waals surface area contributed by atoms with E-state index in [4.69, 9.17) is 11.6 Å². The van der Waals surface area contributed by atoms with Crippen LogP contribution in [-0.2, 0) is 0 Å². The van der Waals surface area contributed by atoms with Crippen LogP contribution < -0.4 is 5.43 Å². The van der Waals surface area contributed by atoms with Gasteiger partial charge < -0.3 is 0 Å². The summed E-state index contributed by atoms with van der Waals surface area (Å²) in [7, 11) is 0. The average Bonchev–Trinajstić information content (AvgIpc) is 2.85. The van der Waals surface area contributed by atoms with Gasteiger partial charge in [-0.25, -0.2) is 14.1 Å². The molecule has 3 rings (SSSR count). The number of hydrogen-bond donors (Lipinski definition) is 1. The fourth-order valence-corrected chi connectivity index (χ4v) is 2.32. The Balaban J connectivity index is 1.84. The van der Waals surface area contributed by atoms with Gasteiger partial charge in [0, 0.05) is 6.20 Å². The summed E-state index contributed by atoms with van der Waals surface area (Å²) in [6.45, 7) is 1.83. The Morgan fingerprint density at radius 1 is 1.22 bits per heavy atom. The molecular formula is C16H13ClFN5. The lowest BCUT2D eigenvalue weighted by atomic mass is 10.3. The van der Waals surface area contributed by atoms with E-state index in [0.29, 0.717) is 27.9 Å². The number of nitrogens with zero attached hydrogens (tertiary/aromatic N) is 4. The van der Waals surface area contributed by atoms with E-state index in [1.807, 2.05) is 19.1 Å². The quantitative estimate of drug-likeness (QED) is 0.585. The summed E-state index contributed by atoms with van der Waals surface area (Å²) in [6, 6.07) is 11.4. The zero-order valence-corrected chi connectivity index (χ0v) is 13.0. The van der Waals surface area contributed by atoms with Crippen molar-refractivity contribution in [2.45, 2.75) is 6.92 Å². The first-order valence-electron chi connectivity index (χ1n) is 6.86. The summed E-state index contributed by atoms with van der Waals surface area (Å²) in [5.74, 6) is 0.318. The number of hydrazone groups is 1. The van der Waals surface area contributed by atoms with E-state index >= 15 is 0 Å². The van der Waals surface area contributed by atoms with E-state index < -0.39 is 0 Å². The molecule has 0 fully saturated rings. The smallest absolute Gasteiger partial charge is 0.146 e. The van der Waals surface area contributed by atoms with Gasteiger partial charge in [0.25, 0.3) is 0 Å². The lowest BCUT2D eigenvalue weighted by molar-refractivity contribution is 0.627. The number of aromatic nitrogens is 3. The van der Waals surface area contributed by atoms with Gasteiger partial charge >= 0.3 is 0 Å². The van der Waals surface area contributed by atoms with E-state index in [1.165, 1.54) is 12.1 Å². The molecule has 1 aromatic carbocycles. The second-order valence-electron chi connectivity index (χ2n) is 4.76. The number of benzene rings is 1. The molecule has 0 unspecified atom stereocenters. The molecule has 1 N–H and O–H groups in total. The van der Waals surface area contributed by atoms with Crippen LogP contribution in [0, 0.1) is 12.7 Å². The number of pyridine rings is 1. The van der Waals surface area contributed by atoms with Crippen LogP contribution in [0.5, 0.6) is 0 Å². The summed E-state index contributed by atoms with van der Waals surface area (Å²) >= 11 is 6.36. The summed E-state index contributed by atoms with van der Waals surface area (Å²) in [6.07, 6.45) is 3.25. The highest BCUT2D eigenvalue weighted by Crippen LogP contribution is 2.22. The third kappa shape index (κ3) is 3.37. The average molecular weight is 330 g/mol. The Hall–Kier alpha value is -2.73. The van der Waals surface area contributed by atoms with Gasteiger partial charge in [-0.05, 0) is 43.3 Å². The number of nitrogens with one attached hydrogen (secondary N) is 1. The molecular weight excluding hydrogens is 317 g/mol. The fourth-order valence-electron chi connectivity index (χ4n) is 2.00. The number of anilines is 1. The summed E-state index contributed by atoms with van der Waals surface area (Å²) in [5, 5.41) is 8.89. The minimum atomic E-state index is -0.310. The highest BCUT2D eigenvalue weighted by atomic mass is 35.5. The fraction of sp³-hybridized carbons (Fsp3) is 0.0625.